The summed E-state index contributed by atoms with van der Waals surface area (Å²) in [6, 6.07) is 3.53. The number of hydrogen-bond donors (Lipinski definition) is 2. The van der Waals surface area contributed by atoms with Gasteiger partial charge in [0.1, 0.15) is 5.75 Å². The van der Waals surface area contributed by atoms with Crippen LogP contribution in [-0.2, 0) is 9.59 Å². The van der Waals surface area contributed by atoms with Crippen molar-refractivity contribution in [1.82, 2.24) is 4.90 Å². The molecule has 1 saturated heterocycles. The van der Waals surface area contributed by atoms with Gasteiger partial charge in [-0.2, -0.15) is 0 Å². The van der Waals surface area contributed by atoms with Gasteiger partial charge in [0, 0.05) is 31.0 Å². The lowest BCUT2D eigenvalue weighted by Gasteiger charge is -2.35. The van der Waals surface area contributed by atoms with Gasteiger partial charge in [-0.3, -0.25) is 4.79 Å². The quantitative estimate of drug-likeness (QED) is 0.871. The number of carboxylic acids is 1. The van der Waals surface area contributed by atoms with Crippen molar-refractivity contribution in [3.63, 3.8) is 0 Å². The summed E-state index contributed by atoms with van der Waals surface area (Å²) in [4.78, 5) is 24.6. The fourth-order valence-electron chi connectivity index (χ4n) is 2.57. The van der Waals surface area contributed by atoms with E-state index in [1.54, 1.807) is 12.1 Å². The first kappa shape index (κ1) is 17.6. The van der Waals surface area contributed by atoms with Gasteiger partial charge in [0.05, 0.1) is 0 Å². The van der Waals surface area contributed by atoms with Gasteiger partial charge in [0.25, 0.3) is 5.91 Å². The van der Waals surface area contributed by atoms with Crippen LogP contribution in [0.5, 0.6) is 5.75 Å². The van der Waals surface area contributed by atoms with Crippen molar-refractivity contribution < 1.29 is 24.5 Å². The van der Waals surface area contributed by atoms with E-state index >= 15 is 0 Å². The molecular weight excluding hydrogens is 322 g/mol. The molecule has 0 atom stereocenters. The number of aliphatic hydroxyl groups is 1. The van der Waals surface area contributed by atoms with Crippen molar-refractivity contribution in [3.05, 3.63) is 28.3 Å². The maximum Gasteiger partial charge on any atom is 0.335 e. The number of rotatable bonds is 4. The molecule has 126 valence electrons. The molecule has 1 aliphatic heterocycles. The second-order valence-corrected chi connectivity index (χ2v) is 6.26. The largest absolute Gasteiger partial charge is 0.484 e. The number of hydrogen-bond acceptors (Lipinski definition) is 4. The van der Waals surface area contributed by atoms with Crippen LogP contribution in [0.25, 0.3) is 0 Å². The van der Waals surface area contributed by atoms with E-state index in [0.29, 0.717) is 10.8 Å². The first-order valence-corrected chi connectivity index (χ1v) is 7.74. The molecule has 2 rings (SSSR count). The number of piperidine rings is 1. The standard InChI is InChI=1S/C16H20ClNO5/c1-10-7-12(8-11(2)14(10)17)23-9-13(19)18-5-3-16(22,4-6-18)15(20)21/h7-8,22H,3-6,9H2,1-2H3,(H,20,21). The molecule has 1 fully saturated rings. The van der Waals surface area contributed by atoms with Crippen molar-refractivity contribution >= 4 is 23.5 Å². The van der Waals surface area contributed by atoms with Crippen LogP contribution in [0.1, 0.15) is 24.0 Å². The molecule has 6 nitrogen and oxygen atoms in total. The minimum absolute atomic E-state index is 0.0211. The molecule has 0 spiro atoms. The van der Waals surface area contributed by atoms with Gasteiger partial charge < -0.3 is 19.8 Å². The second-order valence-electron chi connectivity index (χ2n) is 5.88. The zero-order chi connectivity index (χ0) is 17.2. The van der Waals surface area contributed by atoms with Crippen LogP contribution in [0, 0.1) is 13.8 Å². The molecule has 2 N–H and O–H groups in total. The Morgan fingerprint density at radius 3 is 2.26 bits per heavy atom. The number of carbonyl (C=O) groups excluding carboxylic acids is 1. The number of likely N-dealkylation sites (tertiary alicyclic amines) is 1. The van der Waals surface area contributed by atoms with E-state index in [1.807, 2.05) is 13.8 Å². The maximum absolute atomic E-state index is 12.1. The molecule has 0 aromatic heterocycles. The molecular formula is C16H20ClNO5. The van der Waals surface area contributed by atoms with Crippen molar-refractivity contribution in [3.8, 4) is 5.75 Å². The lowest BCUT2D eigenvalue weighted by molar-refractivity contribution is -0.165. The normalized spacial score (nSPS) is 17.0. The number of benzene rings is 1. The molecule has 0 bridgehead atoms. The smallest absolute Gasteiger partial charge is 0.335 e. The third kappa shape index (κ3) is 3.95. The van der Waals surface area contributed by atoms with Gasteiger partial charge in [0.15, 0.2) is 12.2 Å². The number of nitrogens with zero attached hydrogens (tertiary/aromatic N) is 1. The highest BCUT2D eigenvalue weighted by Crippen LogP contribution is 2.26. The van der Waals surface area contributed by atoms with E-state index in [9.17, 15) is 14.7 Å². The Hall–Kier alpha value is -1.79. The highest BCUT2D eigenvalue weighted by molar-refractivity contribution is 6.32. The van der Waals surface area contributed by atoms with Gasteiger partial charge in [-0.1, -0.05) is 11.6 Å². The fraction of sp³-hybridized carbons (Fsp3) is 0.500. The summed E-state index contributed by atoms with van der Waals surface area (Å²) < 4.78 is 5.51. The minimum Gasteiger partial charge on any atom is -0.484 e. The third-order valence-corrected chi connectivity index (χ3v) is 4.71. The Morgan fingerprint density at radius 2 is 1.78 bits per heavy atom. The van der Waals surface area contributed by atoms with Crippen LogP contribution in [0.3, 0.4) is 0 Å². The van der Waals surface area contributed by atoms with Crippen molar-refractivity contribution in [1.29, 1.82) is 0 Å². The fourth-order valence-corrected chi connectivity index (χ4v) is 2.67. The van der Waals surface area contributed by atoms with Crippen molar-refractivity contribution in [2.75, 3.05) is 19.7 Å². The first-order chi connectivity index (χ1) is 10.7. The molecule has 0 unspecified atom stereocenters. The highest BCUT2D eigenvalue weighted by Gasteiger charge is 2.40. The lowest BCUT2D eigenvalue weighted by atomic mass is 9.92. The van der Waals surface area contributed by atoms with Crippen LogP contribution in [0.2, 0.25) is 5.02 Å². The molecule has 1 heterocycles. The average Bonchev–Trinajstić information content (AvgIpc) is 2.50. The Labute approximate surface area is 139 Å². The van der Waals surface area contributed by atoms with E-state index in [4.69, 9.17) is 21.4 Å². The summed E-state index contributed by atoms with van der Waals surface area (Å²) in [5.41, 5.74) is 0.0133. The summed E-state index contributed by atoms with van der Waals surface area (Å²) in [6.45, 7) is 3.99. The zero-order valence-corrected chi connectivity index (χ0v) is 13.9. The summed E-state index contributed by atoms with van der Waals surface area (Å²) in [5.74, 6) is -0.910. The number of halogens is 1. The number of aliphatic carboxylic acids is 1. The van der Waals surface area contributed by atoms with E-state index in [1.165, 1.54) is 4.90 Å². The van der Waals surface area contributed by atoms with Crippen LogP contribution in [0.4, 0.5) is 0 Å². The van der Waals surface area contributed by atoms with E-state index in [0.717, 1.165) is 11.1 Å². The molecule has 23 heavy (non-hydrogen) atoms. The first-order valence-electron chi connectivity index (χ1n) is 7.36. The molecule has 0 saturated carbocycles. The number of carboxylic acid groups (broad SMARTS) is 1. The molecule has 7 heteroatoms. The Morgan fingerprint density at radius 1 is 1.26 bits per heavy atom. The molecule has 0 aliphatic carbocycles. The molecule has 1 aromatic carbocycles. The molecule has 0 radical (unpaired) electrons. The zero-order valence-electron chi connectivity index (χ0n) is 13.1. The predicted molar refractivity (Wildman–Crippen MR) is 84.8 cm³/mol. The topological polar surface area (TPSA) is 87.1 Å². The SMILES string of the molecule is Cc1cc(OCC(=O)N2CCC(O)(C(=O)O)CC2)cc(C)c1Cl. The predicted octanol–water partition coefficient (Wildman–Crippen LogP) is 1.77. The summed E-state index contributed by atoms with van der Waals surface area (Å²) in [6.07, 6.45) is 0.0421. The number of amides is 1. The van der Waals surface area contributed by atoms with E-state index in [2.05, 4.69) is 0 Å². The monoisotopic (exact) mass is 341 g/mol. The molecule has 1 aliphatic rings. The van der Waals surface area contributed by atoms with Crippen molar-refractivity contribution in [2.45, 2.75) is 32.3 Å². The third-order valence-electron chi connectivity index (χ3n) is 4.11. The van der Waals surface area contributed by atoms with Gasteiger partial charge in [-0.15, -0.1) is 0 Å². The Kier molecular flexibility index (Phi) is 5.16. The summed E-state index contributed by atoms with van der Waals surface area (Å²) in [5, 5.41) is 19.5. The molecule has 1 aromatic rings. The summed E-state index contributed by atoms with van der Waals surface area (Å²) >= 11 is 6.08. The number of carbonyl (C=O) groups is 2. The average molecular weight is 342 g/mol. The van der Waals surface area contributed by atoms with Crippen LogP contribution in [0.15, 0.2) is 12.1 Å². The number of ether oxygens (including phenoxy) is 1. The lowest BCUT2D eigenvalue weighted by Crippen LogP contribution is -2.51. The van der Waals surface area contributed by atoms with Gasteiger partial charge in [-0.05, 0) is 37.1 Å². The Balaban J connectivity index is 1.90. The highest BCUT2D eigenvalue weighted by atomic mass is 35.5. The van der Waals surface area contributed by atoms with Gasteiger partial charge >= 0.3 is 5.97 Å². The molecule has 1 amide bonds. The van der Waals surface area contributed by atoms with Crippen LogP contribution >= 0.6 is 11.6 Å². The Bertz CT molecular complexity index is 600. The minimum atomic E-state index is -1.73. The van der Waals surface area contributed by atoms with Crippen LogP contribution < -0.4 is 4.74 Å². The summed E-state index contributed by atoms with van der Waals surface area (Å²) in [7, 11) is 0. The van der Waals surface area contributed by atoms with Gasteiger partial charge in [0.2, 0.25) is 0 Å². The maximum atomic E-state index is 12.1. The second kappa shape index (κ2) is 6.76. The van der Waals surface area contributed by atoms with Crippen LogP contribution in [-0.4, -0.2) is 52.3 Å². The van der Waals surface area contributed by atoms with Gasteiger partial charge in [-0.25, -0.2) is 4.79 Å². The van der Waals surface area contributed by atoms with Crippen molar-refractivity contribution in [2.24, 2.45) is 0 Å². The number of aryl methyl sites for hydroxylation is 2. The van der Waals surface area contributed by atoms with E-state index in [-0.39, 0.29) is 38.4 Å². The van der Waals surface area contributed by atoms with E-state index < -0.39 is 11.6 Å².